The number of benzene rings is 1. The van der Waals surface area contributed by atoms with Crippen molar-refractivity contribution in [1.82, 2.24) is 9.97 Å². The topological polar surface area (TPSA) is 83.0 Å². The number of carbonyl (C=O) groups is 1. The van der Waals surface area contributed by atoms with Crippen molar-refractivity contribution in [2.75, 3.05) is 0 Å². The van der Waals surface area contributed by atoms with Crippen LogP contribution in [0.4, 0.5) is 0 Å². The molecule has 0 aromatic rings. The summed E-state index contributed by atoms with van der Waals surface area (Å²) in [4.78, 5) is 28.5. The van der Waals surface area contributed by atoms with Crippen molar-refractivity contribution in [3.8, 4) is 11.3 Å². The molecule has 0 radical (unpaired) electrons. The zero-order chi connectivity index (χ0) is 10.1. The molecule has 0 aromatic heterocycles. The zero-order valence-electron chi connectivity index (χ0n) is 7.02. The lowest BCUT2D eigenvalue weighted by atomic mass is 10.1. The van der Waals surface area contributed by atoms with Crippen LogP contribution in [-0.4, -0.2) is 21.0 Å². The Kier molecular flexibility index (Phi) is 1.78. The van der Waals surface area contributed by atoms with E-state index < -0.39 is 5.97 Å². The summed E-state index contributed by atoms with van der Waals surface area (Å²) < 4.78 is 0. The largest absolute Gasteiger partial charge is 0.478 e. The van der Waals surface area contributed by atoms with E-state index in [1.165, 1.54) is 18.6 Å². The minimum atomic E-state index is -1.12. The van der Waals surface area contributed by atoms with E-state index in [1.807, 2.05) is 0 Å². The molecule has 1 heterocycles. The first-order chi connectivity index (χ1) is 6.68. The number of nitrogens with one attached hydrogen (secondary N) is 1. The van der Waals surface area contributed by atoms with Gasteiger partial charge in [0.25, 0.3) is 0 Å². The number of aromatic carboxylic acids is 1. The monoisotopic (exact) mass is 190 g/mol. The van der Waals surface area contributed by atoms with E-state index in [4.69, 9.17) is 5.11 Å². The van der Waals surface area contributed by atoms with Gasteiger partial charge >= 0.3 is 5.97 Å². The number of fused-ring (bicyclic) bond motifs is 1. The molecule has 14 heavy (non-hydrogen) atoms. The van der Waals surface area contributed by atoms with E-state index in [-0.39, 0.29) is 11.0 Å². The first kappa shape index (κ1) is 8.43. The zero-order valence-corrected chi connectivity index (χ0v) is 7.02. The molecule has 0 saturated heterocycles. The lowest BCUT2D eigenvalue weighted by Crippen LogP contribution is -2.10. The molecule has 0 aromatic carbocycles. The van der Waals surface area contributed by atoms with Crippen LogP contribution in [0.15, 0.2) is 29.5 Å². The second kappa shape index (κ2) is 2.95. The second-order valence-corrected chi connectivity index (χ2v) is 2.79. The van der Waals surface area contributed by atoms with Gasteiger partial charge in [0.2, 0.25) is 0 Å². The fraction of sp³-hybridized carbons (Fsp3) is 0. The summed E-state index contributed by atoms with van der Waals surface area (Å²) in [6.07, 6.45) is 2.80. The number of hydrogen-bond donors (Lipinski definition) is 2. The number of nitrogens with zero attached hydrogens (tertiary/aromatic N) is 1. The number of aromatic amines is 1. The third-order valence-corrected chi connectivity index (χ3v) is 1.89. The first-order valence-electron chi connectivity index (χ1n) is 3.88. The molecule has 0 spiro atoms. The van der Waals surface area contributed by atoms with Crippen molar-refractivity contribution in [3.05, 3.63) is 40.4 Å². The highest BCUT2D eigenvalue weighted by Gasteiger charge is 2.11. The maximum absolute atomic E-state index is 11.4. The van der Waals surface area contributed by atoms with Crippen LogP contribution < -0.4 is 5.43 Å². The molecular formula is C9H6N2O3. The van der Waals surface area contributed by atoms with Gasteiger partial charge in [-0.15, -0.1) is 0 Å². The molecule has 2 N–H and O–H groups in total. The van der Waals surface area contributed by atoms with Crippen molar-refractivity contribution in [2.45, 2.75) is 0 Å². The van der Waals surface area contributed by atoms with Crippen LogP contribution in [0.3, 0.4) is 0 Å². The highest BCUT2D eigenvalue weighted by molar-refractivity contribution is 5.89. The molecule has 0 unspecified atom stereocenters. The van der Waals surface area contributed by atoms with Crippen LogP contribution in [0.5, 0.6) is 0 Å². The maximum Gasteiger partial charge on any atom is 0.335 e. The minimum absolute atomic E-state index is 0.0232. The van der Waals surface area contributed by atoms with E-state index in [0.717, 1.165) is 6.07 Å². The van der Waals surface area contributed by atoms with Crippen molar-refractivity contribution in [2.24, 2.45) is 0 Å². The predicted octanol–water partition coefficient (Wildman–Crippen LogP) is 0.573. The van der Waals surface area contributed by atoms with Crippen molar-refractivity contribution in [3.63, 3.8) is 0 Å². The third kappa shape index (κ3) is 1.24. The third-order valence-electron chi connectivity index (χ3n) is 1.89. The summed E-state index contributed by atoms with van der Waals surface area (Å²) in [5.74, 6) is -1.12. The summed E-state index contributed by atoms with van der Waals surface area (Å²) in [7, 11) is 0. The van der Waals surface area contributed by atoms with Gasteiger partial charge in [-0.3, -0.25) is 4.79 Å². The molecule has 0 fully saturated rings. The van der Waals surface area contributed by atoms with Gasteiger partial charge in [-0.25, -0.2) is 9.78 Å². The van der Waals surface area contributed by atoms with Crippen LogP contribution >= 0.6 is 0 Å². The lowest BCUT2D eigenvalue weighted by molar-refractivity contribution is 0.0697. The van der Waals surface area contributed by atoms with E-state index in [0.29, 0.717) is 11.3 Å². The van der Waals surface area contributed by atoms with Crippen LogP contribution in [0.2, 0.25) is 0 Å². The Morgan fingerprint density at radius 1 is 1.43 bits per heavy atom. The average Bonchev–Trinajstić information content (AvgIpc) is 2.17. The SMILES string of the molecule is O=C(O)c1cc2[nH]cncc-2c(=O)c1. The van der Waals surface area contributed by atoms with Gasteiger partial charge in [0.1, 0.15) is 0 Å². The molecule has 5 nitrogen and oxygen atoms in total. The molecule has 0 atom stereocenters. The van der Waals surface area contributed by atoms with Gasteiger partial charge in [-0.2, -0.15) is 0 Å². The summed E-state index contributed by atoms with van der Waals surface area (Å²) >= 11 is 0. The summed E-state index contributed by atoms with van der Waals surface area (Å²) in [5, 5.41) is 8.70. The van der Waals surface area contributed by atoms with Crippen LogP contribution in [0.25, 0.3) is 11.3 Å². The van der Waals surface area contributed by atoms with Crippen molar-refractivity contribution >= 4 is 5.97 Å². The van der Waals surface area contributed by atoms with Crippen molar-refractivity contribution < 1.29 is 9.90 Å². The molecule has 2 aliphatic rings. The van der Waals surface area contributed by atoms with Crippen LogP contribution in [-0.2, 0) is 0 Å². The van der Waals surface area contributed by atoms with Crippen LogP contribution in [0, 0.1) is 0 Å². The van der Waals surface area contributed by atoms with Gasteiger partial charge in [-0.1, -0.05) is 0 Å². The van der Waals surface area contributed by atoms with Crippen LogP contribution in [0.1, 0.15) is 10.4 Å². The van der Waals surface area contributed by atoms with E-state index in [1.54, 1.807) is 0 Å². The summed E-state index contributed by atoms with van der Waals surface area (Å²) in [5.41, 5.74) is 0.497. The molecule has 1 aliphatic heterocycles. The number of aromatic nitrogens is 2. The fourth-order valence-corrected chi connectivity index (χ4v) is 1.22. The Labute approximate surface area is 78.4 Å². The normalized spacial score (nSPS) is 10.3. The summed E-state index contributed by atoms with van der Waals surface area (Å²) in [6.45, 7) is 0. The lowest BCUT2D eigenvalue weighted by Gasteiger charge is -2.03. The minimum Gasteiger partial charge on any atom is -0.478 e. The molecule has 2 rings (SSSR count). The number of H-pyrrole nitrogens is 1. The van der Waals surface area contributed by atoms with Gasteiger partial charge in [0.15, 0.2) is 5.43 Å². The standard InChI is InChI=1S/C9H6N2O3/c12-8-2-5(9(13)14)1-7-6(8)3-10-4-11-7/h1-4H,(H,10,11)(H,13,14). The Hall–Kier alpha value is -2.17. The quantitative estimate of drug-likeness (QED) is 0.688. The highest BCUT2D eigenvalue weighted by Crippen LogP contribution is 2.13. The molecular weight excluding hydrogens is 184 g/mol. The fourth-order valence-electron chi connectivity index (χ4n) is 1.22. The Balaban J connectivity index is 2.80. The van der Waals surface area contributed by atoms with Gasteiger partial charge in [0.05, 0.1) is 23.1 Å². The van der Waals surface area contributed by atoms with E-state index in [9.17, 15) is 9.59 Å². The van der Waals surface area contributed by atoms with Crippen molar-refractivity contribution in [1.29, 1.82) is 0 Å². The molecule has 5 heteroatoms. The second-order valence-electron chi connectivity index (χ2n) is 2.79. The summed E-state index contributed by atoms with van der Waals surface area (Å²) in [6, 6.07) is 2.49. The van der Waals surface area contributed by atoms with Gasteiger partial charge in [-0.05, 0) is 6.07 Å². The smallest absolute Gasteiger partial charge is 0.335 e. The Morgan fingerprint density at radius 3 is 2.93 bits per heavy atom. The van der Waals surface area contributed by atoms with Gasteiger partial charge in [0, 0.05) is 12.3 Å². The van der Waals surface area contributed by atoms with E-state index >= 15 is 0 Å². The van der Waals surface area contributed by atoms with E-state index in [2.05, 4.69) is 9.97 Å². The maximum atomic E-state index is 11.4. The highest BCUT2D eigenvalue weighted by atomic mass is 16.4. The van der Waals surface area contributed by atoms with Gasteiger partial charge < -0.3 is 10.1 Å². The molecule has 0 bridgehead atoms. The first-order valence-corrected chi connectivity index (χ1v) is 3.88. The Morgan fingerprint density at radius 2 is 2.21 bits per heavy atom. The molecule has 1 aliphatic carbocycles. The number of carboxylic acid groups (broad SMARTS) is 1. The molecule has 0 amide bonds. The molecule has 70 valence electrons. The number of carboxylic acids is 1. The number of hydrogen-bond acceptors (Lipinski definition) is 3. The molecule has 0 saturated carbocycles. The average molecular weight is 190 g/mol. The Bertz CT molecular complexity index is 518. The number of rotatable bonds is 1. The predicted molar refractivity (Wildman–Crippen MR) is 48.4 cm³/mol.